The van der Waals surface area contributed by atoms with Gasteiger partial charge in [-0.05, 0) is 27.2 Å². The van der Waals surface area contributed by atoms with Crippen LogP contribution in [0.4, 0.5) is 13.2 Å². The molecule has 8 nitrogen and oxygen atoms in total. The molecule has 0 aliphatic heterocycles. The number of carbonyl (C=O) groups is 3. The lowest BCUT2D eigenvalue weighted by Crippen LogP contribution is -2.48. The molecular formula is C15H22F3N3O5. The van der Waals surface area contributed by atoms with Crippen LogP contribution in [0.1, 0.15) is 40.0 Å². The van der Waals surface area contributed by atoms with E-state index in [-0.39, 0.29) is 12.8 Å². The van der Waals surface area contributed by atoms with Gasteiger partial charge >= 0.3 is 18.4 Å². The lowest BCUT2D eigenvalue weighted by atomic mass is 10.0. The predicted molar refractivity (Wildman–Crippen MR) is 83.2 cm³/mol. The zero-order valence-electron chi connectivity index (χ0n) is 14.9. The Morgan fingerprint density at radius 2 is 1.85 bits per heavy atom. The second kappa shape index (κ2) is 10.0. The summed E-state index contributed by atoms with van der Waals surface area (Å²) in [7, 11) is 1.26. The summed E-state index contributed by atoms with van der Waals surface area (Å²) in [5.74, 6) is -2.47. The first-order chi connectivity index (χ1) is 11.8. The van der Waals surface area contributed by atoms with Crippen molar-refractivity contribution in [2.75, 3.05) is 7.11 Å². The molecule has 2 atom stereocenters. The Morgan fingerprint density at radius 1 is 1.27 bits per heavy atom. The van der Waals surface area contributed by atoms with E-state index >= 15 is 0 Å². The van der Waals surface area contributed by atoms with Gasteiger partial charge in [-0.2, -0.15) is 18.0 Å². The Bertz CT molecular complexity index is 571. The fourth-order valence-electron chi connectivity index (χ4n) is 1.92. The van der Waals surface area contributed by atoms with Crippen molar-refractivity contribution < 1.29 is 41.8 Å². The maximum absolute atomic E-state index is 12.5. The van der Waals surface area contributed by atoms with Crippen LogP contribution in [0, 0.1) is 0 Å². The monoisotopic (exact) mass is 381 g/mol. The summed E-state index contributed by atoms with van der Waals surface area (Å²) in [6.07, 6.45) is -6.81. The van der Waals surface area contributed by atoms with Gasteiger partial charge in [0.05, 0.1) is 6.42 Å². The largest absolute Gasteiger partial charge is 0.458 e. The number of Topliss-reactive ketones (excluding diaryl/α,β-unsaturated/α-hetero) is 1. The molecule has 0 saturated heterocycles. The molecule has 0 spiro atoms. The molecule has 0 aromatic rings. The molecule has 0 saturated carbocycles. The first-order valence-electron chi connectivity index (χ1n) is 7.64. The van der Waals surface area contributed by atoms with Gasteiger partial charge in [0.25, 0.3) is 0 Å². The van der Waals surface area contributed by atoms with Gasteiger partial charge < -0.3 is 20.3 Å². The average Bonchev–Trinajstić information content (AvgIpc) is 2.47. The molecule has 0 fully saturated rings. The van der Waals surface area contributed by atoms with E-state index in [1.807, 2.05) is 0 Å². The molecule has 0 radical (unpaired) electrons. The van der Waals surface area contributed by atoms with E-state index in [1.54, 1.807) is 0 Å². The Kier molecular flexibility index (Phi) is 9.16. The summed E-state index contributed by atoms with van der Waals surface area (Å²) >= 11 is 0. The van der Waals surface area contributed by atoms with E-state index in [9.17, 15) is 27.6 Å². The SMILES string of the molecule is CO[C@@H](C)C(=O)N[C@@H](CCC(=O)C=[N+]=[N-])C(=O)OC(C)(C)CC(F)(F)F. The Hall–Kier alpha value is -2.26. The van der Waals surface area contributed by atoms with E-state index < -0.39 is 48.0 Å². The van der Waals surface area contributed by atoms with E-state index in [1.165, 1.54) is 14.0 Å². The first-order valence-corrected chi connectivity index (χ1v) is 7.64. The molecule has 0 aromatic carbocycles. The number of ketones is 1. The molecule has 0 rings (SSSR count). The molecular weight excluding hydrogens is 359 g/mol. The fraction of sp³-hybridized carbons (Fsp3) is 0.733. The first kappa shape index (κ1) is 23.7. The summed E-state index contributed by atoms with van der Waals surface area (Å²) in [6, 6.07) is -1.37. The lowest BCUT2D eigenvalue weighted by molar-refractivity contribution is -0.190. The fourth-order valence-corrected chi connectivity index (χ4v) is 1.92. The van der Waals surface area contributed by atoms with Crippen LogP contribution in [-0.4, -0.2) is 59.7 Å². The number of nitrogens with one attached hydrogen (secondary N) is 1. The highest BCUT2D eigenvalue weighted by molar-refractivity contribution is 6.25. The highest BCUT2D eigenvalue weighted by Crippen LogP contribution is 2.30. The molecule has 26 heavy (non-hydrogen) atoms. The minimum absolute atomic E-state index is 0.256. The van der Waals surface area contributed by atoms with E-state index in [0.717, 1.165) is 13.8 Å². The maximum Gasteiger partial charge on any atom is 0.392 e. The number of alkyl halides is 3. The Labute approximate surface area is 148 Å². The van der Waals surface area contributed by atoms with Crippen molar-refractivity contribution in [3.8, 4) is 0 Å². The standard InChI is InChI=1S/C15H22F3N3O5/c1-9(25-4)12(23)21-11(6-5-10(22)7-20-19)13(24)26-14(2,3)8-15(16,17)18/h7,9,11H,5-6,8H2,1-4H3,(H,21,23)/t9-,11-/m0/s1. The van der Waals surface area contributed by atoms with Crippen LogP contribution in [0.15, 0.2) is 0 Å². The number of halogens is 3. The summed E-state index contributed by atoms with van der Waals surface area (Å²) in [4.78, 5) is 38.0. The molecule has 0 aliphatic carbocycles. The van der Waals surface area contributed by atoms with Gasteiger partial charge in [0, 0.05) is 13.5 Å². The molecule has 0 unspecified atom stereocenters. The van der Waals surface area contributed by atoms with Gasteiger partial charge in [0.2, 0.25) is 11.7 Å². The molecule has 1 amide bonds. The lowest BCUT2D eigenvalue weighted by Gasteiger charge is -2.29. The molecule has 11 heteroatoms. The van der Waals surface area contributed by atoms with Crippen LogP contribution >= 0.6 is 0 Å². The van der Waals surface area contributed by atoms with Crippen LogP contribution in [0.5, 0.6) is 0 Å². The quantitative estimate of drug-likeness (QED) is 0.266. The highest BCUT2D eigenvalue weighted by atomic mass is 19.4. The number of nitrogens with zero attached hydrogens (tertiary/aromatic N) is 2. The number of rotatable bonds is 10. The van der Waals surface area contributed by atoms with Crippen molar-refractivity contribution >= 4 is 23.9 Å². The summed E-state index contributed by atoms with van der Waals surface area (Å²) < 4.78 is 47.3. The second-order valence-electron chi connectivity index (χ2n) is 6.16. The van der Waals surface area contributed by atoms with Gasteiger partial charge in [-0.15, -0.1) is 0 Å². The molecule has 1 N–H and O–H groups in total. The Morgan fingerprint density at radius 3 is 2.31 bits per heavy atom. The molecule has 148 valence electrons. The van der Waals surface area contributed by atoms with Gasteiger partial charge in [0.1, 0.15) is 17.7 Å². The third-order valence-corrected chi connectivity index (χ3v) is 3.21. The minimum Gasteiger partial charge on any atom is -0.458 e. The second-order valence-corrected chi connectivity index (χ2v) is 6.16. The van der Waals surface area contributed by atoms with Crippen LogP contribution in [0.2, 0.25) is 0 Å². The van der Waals surface area contributed by atoms with Crippen LogP contribution in [0.3, 0.4) is 0 Å². The zero-order valence-corrected chi connectivity index (χ0v) is 14.9. The summed E-state index contributed by atoms with van der Waals surface area (Å²) in [6.45, 7) is 3.56. The number of amides is 1. The van der Waals surface area contributed by atoms with Crippen LogP contribution in [0.25, 0.3) is 5.53 Å². The van der Waals surface area contributed by atoms with Crippen molar-refractivity contribution in [2.45, 2.75) is 64.0 Å². The van der Waals surface area contributed by atoms with E-state index in [2.05, 4.69) is 10.1 Å². The smallest absolute Gasteiger partial charge is 0.392 e. The number of carbonyl (C=O) groups excluding carboxylic acids is 3. The van der Waals surface area contributed by atoms with Crippen molar-refractivity contribution in [3.63, 3.8) is 0 Å². The predicted octanol–water partition coefficient (Wildman–Crippen LogP) is 1.43. The van der Waals surface area contributed by atoms with Crippen molar-refractivity contribution in [2.24, 2.45) is 0 Å². The average molecular weight is 381 g/mol. The van der Waals surface area contributed by atoms with Gasteiger partial charge in [-0.3, -0.25) is 9.59 Å². The topological polar surface area (TPSA) is 118 Å². The summed E-state index contributed by atoms with van der Waals surface area (Å²) in [5, 5.41) is 2.27. The van der Waals surface area contributed by atoms with Crippen molar-refractivity contribution in [3.05, 3.63) is 5.53 Å². The molecule has 0 aliphatic rings. The number of ether oxygens (including phenoxy) is 2. The maximum atomic E-state index is 12.5. The Balaban J connectivity index is 5.16. The van der Waals surface area contributed by atoms with Gasteiger partial charge in [0.15, 0.2) is 0 Å². The minimum atomic E-state index is -4.55. The van der Waals surface area contributed by atoms with Crippen molar-refractivity contribution in [1.82, 2.24) is 5.32 Å². The third kappa shape index (κ3) is 9.90. The molecule has 0 bridgehead atoms. The van der Waals surface area contributed by atoms with E-state index in [0.29, 0.717) is 6.21 Å². The zero-order chi connectivity index (χ0) is 20.5. The number of hydrogen-bond donors (Lipinski definition) is 1. The van der Waals surface area contributed by atoms with E-state index in [4.69, 9.17) is 15.0 Å². The number of esters is 1. The normalized spacial score (nSPS) is 14.0. The molecule has 0 heterocycles. The van der Waals surface area contributed by atoms with Crippen molar-refractivity contribution in [1.29, 1.82) is 0 Å². The third-order valence-electron chi connectivity index (χ3n) is 3.21. The van der Waals surface area contributed by atoms with Crippen LogP contribution < -0.4 is 5.32 Å². The highest BCUT2D eigenvalue weighted by Gasteiger charge is 2.40. The van der Waals surface area contributed by atoms with Gasteiger partial charge in [-0.25, -0.2) is 4.79 Å². The molecule has 0 aromatic heterocycles. The summed E-state index contributed by atoms with van der Waals surface area (Å²) in [5.41, 5.74) is 6.43. The number of methoxy groups -OCH3 is 1. The van der Waals surface area contributed by atoms with Crippen LogP contribution in [-0.2, 0) is 23.9 Å². The number of hydrogen-bond acceptors (Lipinski definition) is 5. The van der Waals surface area contributed by atoms with Gasteiger partial charge in [-0.1, -0.05) is 0 Å².